The van der Waals surface area contributed by atoms with E-state index in [1.807, 2.05) is 19.0 Å². The summed E-state index contributed by atoms with van der Waals surface area (Å²) in [5.74, 6) is -1.44. The van der Waals surface area contributed by atoms with Crippen LogP contribution in [0.25, 0.3) is 0 Å². The Morgan fingerprint density at radius 2 is 1.85 bits per heavy atom. The zero-order valence-electron chi connectivity index (χ0n) is 11.9. The third kappa shape index (κ3) is 5.97. The first-order valence-corrected chi connectivity index (χ1v) is 6.60. The van der Waals surface area contributed by atoms with Gasteiger partial charge in [-0.05, 0) is 39.2 Å². The minimum absolute atomic E-state index is 0.131. The zero-order chi connectivity index (χ0) is 15.0. The summed E-state index contributed by atoms with van der Waals surface area (Å²) >= 11 is 0. The molecule has 1 aromatic rings. The molecule has 0 saturated heterocycles. The van der Waals surface area contributed by atoms with Crippen LogP contribution in [-0.4, -0.2) is 44.5 Å². The molecule has 1 aromatic carbocycles. The van der Waals surface area contributed by atoms with Crippen LogP contribution in [0.15, 0.2) is 18.2 Å². The van der Waals surface area contributed by atoms with Crippen molar-refractivity contribution in [3.05, 3.63) is 29.8 Å². The minimum atomic E-state index is -0.656. The van der Waals surface area contributed by atoms with E-state index < -0.39 is 11.6 Å². The number of nitrogens with zero attached hydrogens (tertiary/aromatic N) is 1. The van der Waals surface area contributed by atoms with Gasteiger partial charge in [-0.1, -0.05) is 6.07 Å². The van der Waals surface area contributed by atoms with Crippen LogP contribution in [0.3, 0.4) is 0 Å². The highest BCUT2D eigenvalue weighted by Crippen LogP contribution is 2.17. The van der Waals surface area contributed by atoms with Crippen LogP contribution in [0.4, 0.5) is 14.5 Å². The van der Waals surface area contributed by atoms with E-state index in [4.69, 9.17) is 0 Å². The van der Waals surface area contributed by atoms with Gasteiger partial charge in [0.15, 0.2) is 0 Å². The fourth-order valence-corrected chi connectivity index (χ4v) is 1.68. The molecule has 6 heteroatoms. The molecule has 4 nitrogen and oxygen atoms in total. The topological polar surface area (TPSA) is 44.4 Å². The molecule has 0 atom stereocenters. The number of hydrogen-bond acceptors (Lipinski definition) is 3. The number of hydrogen-bond donors (Lipinski definition) is 2. The summed E-state index contributed by atoms with van der Waals surface area (Å²) in [5, 5.41) is 5.36. The number of nitrogens with one attached hydrogen (secondary N) is 2. The quantitative estimate of drug-likeness (QED) is 0.716. The van der Waals surface area contributed by atoms with Crippen LogP contribution in [-0.2, 0) is 4.79 Å². The number of para-hydroxylation sites is 1. The van der Waals surface area contributed by atoms with E-state index in [2.05, 4.69) is 10.6 Å². The molecule has 0 fully saturated rings. The van der Waals surface area contributed by atoms with Gasteiger partial charge in [0, 0.05) is 19.5 Å². The molecule has 0 unspecified atom stereocenters. The number of anilines is 1. The number of rotatable bonds is 8. The molecule has 112 valence electrons. The molecule has 0 heterocycles. The fraction of sp³-hybridized carbons (Fsp3) is 0.500. The van der Waals surface area contributed by atoms with Crippen molar-refractivity contribution in [2.45, 2.75) is 12.8 Å². The van der Waals surface area contributed by atoms with Crippen LogP contribution >= 0.6 is 0 Å². The predicted octanol–water partition coefficient (Wildman–Crippen LogP) is 1.83. The largest absolute Gasteiger partial charge is 0.380 e. The summed E-state index contributed by atoms with van der Waals surface area (Å²) in [6, 6.07) is 3.65. The summed E-state index contributed by atoms with van der Waals surface area (Å²) < 4.78 is 26.6. The van der Waals surface area contributed by atoms with E-state index >= 15 is 0 Å². The molecule has 0 aliphatic carbocycles. The van der Waals surface area contributed by atoms with E-state index in [-0.39, 0.29) is 24.6 Å². The van der Waals surface area contributed by atoms with Crippen molar-refractivity contribution in [1.29, 1.82) is 0 Å². The van der Waals surface area contributed by atoms with Gasteiger partial charge in [-0.3, -0.25) is 4.79 Å². The van der Waals surface area contributed by atoms with Crippen LogP contribution in [0.2, 0.25) is 0 Å². The van der Waals surface area contributed by atoms with Crippen LogP contribution in [0.5, 0.6) is 0 Å². The lowest BCUT2D eigenvalue weighted by molar-refractivity contribution is -0.120. The Morgan fingerprint density at radius 1 is 1.20 bits per heavy atom. The summed E-state index contributed by atoms with van der Waals surface area (Å²) in [4.78, 5) is 13.5. The lowest BCUT2D eigenvalue weighted by Crippen LogP contribution is -2.28. The van der Waals surface area contributed by atoms with Gasteiger partial charge in [0.25, 0.3) is 0 Å². The number of carbonyl (C=O) groups is 1. The molecule has 1 amide bonds. The lowest BCUT2D eigenvalue weighted by atomic mass is 10.2. The van der Waals surface area contributed by atoms with Gasteiger partial charge < -0.3 is 15.5 Å². The van der Waals surface area contributed by atoms with Crippen LogP contribution in [0.1, 0.15) is 12.8 Å². The van der Waals surface area contributed by atoms with Gasteiger partial charge in [-0.15, -0.1) is 0 Å². The van der Waals surface area contributed by atoms with E-state index in [0.29, 0.717) is 6.54 Å². The van der Waals surface area contributed by atoms with Gasteiger partial charge in [-0.25, -0.2) is 8.78 Å². The molecule has 0 aromatic heterocycles. The van der Waals surface area contributed by atoms with E-state index in [9.17, 15) is 13.6 Å². The first-order chi connectivity index (χ1) is 9.50. The Hall–Kier alpha value is -1.69. The average Bonchev–Trinajstić information content (AvgIpc) is 2.38. The molecule has 0 saturated carbocycles. The molecule has 2 N–H and O–H groups in total. The zero-order valence-corrected chi connectivity index (χ0v) is 11.9. The molecule has 0 aliphatic rings. The number of carbonyl (C=O) groups excluding carboxylic acids is 1. The van der Waals surface area contributed by atoms with Crippen LogP contribution < -0.4 is 10.6 Å². The maximum absolute atomic E-state index is 13.3. The molecule has 0 radical (unpaired) electrons. The minimum Gasteiger partial charge on any atom is -0.380 e. The van der Waals surface area contributed by atoms with Crippen molar-refractivity contribution in [3.8, 4) is 0 Å². The van der Waals surface area contributed by atoms with Gasteiger partial charge >= 0.3 is 0 Å². The summed E-state index contributed by atoms with van der Waals surface area (Å²) in [5.41, 5.74) is -0.187. The van der Waals surface area contributed by atoms with Crippen molar-refractivity contribution >= 4 is 11.6 Å². The summed E-state index contributed by atoms with van der Waals surface area (Å²) in [7, 11) is 3.93. The maximum Gasteiger partial charge on any atom is 0.221 e. The van der Waals surface area contributed by atoms with Crippen LogP contribution in [0, 0.1) is 11.6 Å². The fourth-order valence-electron chi connectivity index (χ4n) is 1.68. The Kier molecular flexibility index (Phi) is 6.93. The molecule has 0 bridgehead atoms. The summed E-state index contributed by atoms with van der Waals surface area (Å²) in [6.45, 7) is 1.70. The SMILES string of the molecule is CN(C)CCCNC(=O)CCNc1c(F)cccc1F. The van der Waals surface area contributed by atoms with Gasteiger partial charge in [-0.2, -0.15) is 0 Å². The van der Waals surface area contributed by atoms with Crippen molar-refractivity contribution in [2.24, 2.45) is 0 Å². The van der Waals surface area contributed by atoms with E-state index in [1.165, 1.54) is 18.2 Å². The van der Waals surface area contributed by atoms with Gasteiger partial charge in [0.2, 0.25) is 5.91 Å². The van der Waals surface area contributed by atoms with Gasteiger partial charge in [0.05, 0.1) is 0 Å². The molecule has 0 aliphatic heterocycles. The smallest absolute Gasteiger partial charge is 0.221 e. The third-order valence-electron chi connectivity index (χ3n) is 2.72. The van der Waals surface area contributed by atoms with Crippen molar-refractivity contribution in [1.82, 2.24) is 10.2 Å². The van der Waals surface area contributed by atoms with Gasteiger partial charge in [0.1, 0.15) is 17.3 Å². The normalized spacial score (nSPS) is 10.7. The second-order valence-corrected chi connectivity index (χ2v) is 4.78. The Morgan fingerprint density at radius 3 is 2.45 bits per heavy atom. The van der Waals surface area contributed by atoms with Crippen molar-refractivity contribution < 1.29 is 13.6 Å². The summed E-state index contributed by atoms with van der Waals surface area (Å²) in [6.07, 6.45) is 1.05. The average molecular weight is 285 g/mol. The second kappa shape index (κ2) is 8.47. The number of benzene rings is 1. The Bertz CT molecular complexity index is 418. The highest BCUT2D eigenvalue weighted by atomic mass is 19.1. The van der Waals surface area contributed by atoms with Crippen molar-refractivity contribution in [3.63, 3.8) is 0 Å². The molecule has 0 spiro atoms. The monoisotopic (exact) mass is 285 g/mol. The Labute approximate surface area is 118 Å². The van der Waals surface area contributed by atoms with E-state index in [0.717, 1.165) is 13.0 Å². The maximum atomic E-state index is 13.3. The Balaban J connectivity index is 2.22. The molecule has 20 heavy (non-hydrogen) atoms. The predicted molar refractivity (Wildman–Crippen MR) is 75.6 cm³/mol. The standard InChI is InChI=1S/C14H21F2N3O/c1-19(2)10-4-8-17-13(20)7-9-18-14-11(15)5-3-6-12(14)16/h3,5-6,18H,4,7-10H2,1-2H3,(H,17,20). The number of halogens is 2. The first kappa shape index (κ1) is 16.4. The molecule has 1 rings (SSSR count). The molecular formula is C14H21F2N3O. The van der Waals surface area contributed by atoms with Crippen molar-refractivity contribution in [2.75, 3.05) is 39.0 Å². The third-order valence-corrected chi connectivity index (χ3v) is 2.72. The number of amides is 1. The lowest BCUT2D eigenvalue weighted by Gasteiger charge is -2.11. The highest BCUT2D eigenvalue weighted by molar-refractivity contribution is 5.76. The highest BCUT2D eigenvalue weighted by Gasteiger charge is 2.08. The first-order valence-electron chi connectivity index (χ1n) is 6.60. The molecular weight excluding hydrogens is 264 g/mol. The van der Waals surface area contributed by atoms with E-state index in [1.54, 1.807) is 0 Å². The second-order valence-electron chi connectivity index (χ2n) is 4.78.